The summed E-state index contributed by atoms with van der Waals surface area (Å²) >= 11 is 0. The highest BCUT2D eigenvalue weighted by Crippen LogP contribution is 2.17. The molecule has 0 radical (unpaired) electrons. The molecular formula is C14H16N2O2. The molecule has 4 nitrogen and oxygen atoms in total. The van der Waals surface area contributed by atoms with Gasteiger partial charge in [-0.1, -0.05) is 18.2 Å². The van der Waals surface area contributed by atoms with Crippen molar-refractivity contribution in [3.8, 4) is 5.75 Å². The molecule has 1 atom stereocenters. The van der Waals surface area contributed by atoms with E-state index in [0.29, 0.717) is 6.54 Å². The molecule has 1 unspecified atom stereocenters. The van der Waals surface area contributed by atoms with Gasteiger partial charge >= 0.3 is 0 Å². The average molecular weight is 244 g/mol. The third-order valence-corrected chi connectivity index (χ3v) is 2.64. The highest BCUT2D eigenvalue weighted by atomic mass is 16.3. The Balaban J connectivity index is 1.96. The number of rotatable bonds is 4. The van der Waals surface area contributed by atoms with Gasteiger partial charge in [0.2, 0.25) is 0 Å². The average Bonchev–Trinajstić information content (AvgIpc) is 2.37. The fourth-order valence-electron chi connectivity index (χ4n) is 1.66. The van der Waals surface area contributed by atoms with Crippen molar-refractivity contribution in [2.75, 3.05) is 11.9 Å². The Morgan fingerprint density at radius 2 is 1.89 bits per heavy atom. The van der Waals surface area contributed by atoms with Crippen LogP contribution in [0.4, 0.5) is 5.82 Å². The summed E-state index contributed by atoms with van der Waals surface area (Å²) in [5.74, 6) is 0.937. The quantitative estimate of drug-likeness (QED) is 0.771. The zero-order chi connectivity index (χ0) is 13.0. The van der Waals surface area contributed by atoms with Crippen LogP contribution in [0.5, 0.6) is 5.75 Å². The monoisotopic (exact) mass is 244 g/mol. The second-order valence-corrected chi connectivity index (χ2v) is 4.15. The molecular weight excluding hydrogens is 228 g/mol. The van der Waals surface area contributed by atoms with Crippen LogP contribution in [0.15, 0.2) is 42.5 Å². The fourth-order valence-corrected chi connectivity index (χ4v) is 1.66. The van der Waals surface area contributed by atoms with Crippen molar-refractivity contribution in [2.45, 2.75) is 13.0 Å². The molecule has 1 heterocycles. The summed E-state index contributed by atoms with van der Waals surface area (Å²) in [5.41, 5.74) is 1.69. The summed E-state index contributed by atoms with van der Waals surface area (Å²) in [6, 6.07) is 12.2. The van der Waals surface area contributed by atoms with Gasteiger partial charge in [-0.3, -0.25) is 0 Å². The molecule has 0 aliphatic heterocycles. The number of aromatic hydroxyl groups is 1. The van der Waals surface area contributed by atoms with Crippen LogP contribution in [0.2, 0.25) is 0 Å². The van der Waals surface area contributed by atoms with Gasteiger partial charge in [-0.15, -0.1) is 0 Å². The molecule has 0 aliphatic rings. The van der Waals surface area contributed by atoms with E-state index in [9.17, 15) is 5.11 Å². The summed E-state index contributed by atoms with van der Waals surface area (Å²) in [7, 11) is 0. The molecule has 18 heavy (non-hydrogen) atoms. The Morgan fingerprint density at radius 3 is 2.56 bits per heavy atom. The van der Waals surface area contributed by atoms with Crippen LogP contribution in [0.25, 0.3) is 0 Å². The first-order valence-corrected chi connectivity index (χ1v) is 5.79. The van der Waals surface area contributed by atoms with Gasteiger partial charge in [0.15, 0.2) is 0 Å². The van der Waals surface area contributed by atoms with E-state index in [1.165, 1.54) is 0 Å². The van der Waals surface area contributed by atoms with E-state index in [-0.39, 0.29) is 5.75 Å². The van der Waals surface area contributed by atoms with Crippen molar-refractivity contribution in [1.82, 2.24) is 4.98 Å². The Labute approximate surface area is 106 Å². The van der Waals surface area contributed by atoms with Crippen molar-refractivity contribution < 1.29 is 10.2 Å². The Morgan fingerprint density at radius 1 is 1.17 bits per heavy atom. The van der Waals surface area contributed by atoms with Gasteiger partial charge in [0.25, 0.3) is 0 Å². The molecule has 0 saturated carbocycles. The number of aryl methyl sites for hydroxylation is 1. The first-order valence-electron chi connectivity index (χ1n) is 5.79. The van der Waals surface area contributed by atoms with E-state index < -0.39 is 6.10 Å². The van der Waals surface area contributed by atoms with Gasteiger partial charge in [-0.25, -0.2) is 4.98 Å². The molecule has 0 amide bonds. The molecule has 4 heteroatoms. The van der Waals surface area contributed by atoms with E-state index in [4.69, 9.17) is 5.11 Å². The maximum absolute atomic E-state index is 9.97. The number of aliphatic hydroxyl groups excluding tert-OH is 1. The topological polar surface area (TPSA) is 65.4 Å². The SMILES string of the molecule is Cc1cccc(NCC(O)c2ccc(O)cc2)n1. The zero-order valence-corrected chi connectivity index (χ0v) is 10.2. The van der Waals surface area contributed by atoms with Crippen LogP contribution >= 0.6 is 0 Å². The molecule has 94 valence electrons. The number of phenolic OH excluding ortho intramolecular Hbond substituents is 1. The number of benzene rings is 1. The fraction of sp³-hybridized carbons (Fsp3) is 0.214. The van der Waals surface area contributed by atoms with Crippen molar-refractivity contribution in [3.63, 3.8) is 0 Å². The minimum Gasteiger partial charge on any atom is -0.508 e. The molecule has 1 aromatic heterocycles. The van der Waals surface area contributed by atoms with Crippen molar-refractivity contribution in [2.24, 2.45) is 0 Å². The van der Waals surface area contributed by atoms with Gasteiger partial charge in [0.1, 0.15) is 11.6 Å². The summed E-state index contributed by atoms with van der Waals surface area (Å²) in [4.78, 5) is 4.29. The van der Waals surface area contributed by atoms with E-state index in [1.807, 2.05) is 25.1 Å². The zero-order valence-electron chi connectivity index (χ0n) is 10.2. The van der Waals surface area contributed by atoms with E-state index in [1.54, 1.807) is 24.3 Å². The third kappa shape index (κ3) is 3.21. The molecule has 0 bridgehead atoms. The highest BCUT2D eigenvalue weighted by Gasteiger charge is 2.07. The van der Waals surface area contributed by atoms with Gasteiger partial charge in [-0.2, -0.15) is 0 Å². The van der Waals surface area contributed by atoms with Crippen LogP contribution in [-0.4, -0.2) is 21.7 Å². The van der Waals surface area contributed by atoms with Crippen LogP contribution in [0.3, 0.4) is 0 Å². The summed E-state index contributed by atoms with van der Waals surface area (Å²) in [6.07, 6.45) is -0.632. The molecule has 1 aromatic carbocycles. The molecule has 2 aromatic rings. The van der Waals surface area contributed by atoms with Gasteiger partial charge in [0, 0.05) is 12.2 Å². The molecule has 2 rings (SSSR count). The van der Waals surface area contributed by atoms with Crippen molar-refractivity contribution in [3.05, 3.63) is 53.7 Å². The minimum absolute atomic E-state index is 0.194. The lowest BCUT2D eigenvalue weighted by Crippen LogP contribution is -2.12. The number of anilines is 1. The van der Waals surface area contributed by atoms with Crippen LogP contribution in [0, 0.1) is 6.92 Å². The van der Waals surface area contributed by atoms with Crippen LogP contribution in [0.1, 0.15) is 17.4 Å². The first-order chi connectivity index (χ1) is 8.65. The Bertz CT molecular complexity index is 511. The first kappa shape index (κ1) is 12.4. The van der Waals surface area contributed by atoms with Crippen LogP contribution < -0.4 is 5.32 Å². The highest BCUT2D eigenvalue weighted by molar-refractivity contribution is 5.36. The number of nitrogens with zero attached hydrogens (tertiary/aromatic N) is 1. The largest absolute Gasteiger partial charge is 0.508 e. The van der Waals surface area contributed by atoms with Crippen molar-refractivity contribution in [1.29, 1.82) is 0 Å². The second-order valence-electron chi connectivity index (χ2n) is 4.15. The summed E-state index contributed by atoms with van der Waals surface area (Å²) in [6.45, 7) is 2.29. The Hall–Kier alpha value is -2.07. The standard InChI is InChI=1S/C14H16N2O2/c1-10-3-2-4-14(16-10)15-9-13(18)11-5-7-12(17)8-6-11/h2-8,13,17-18H,9H2,1H3,(H,15,16). The summed E-state index contributed by atoms with van der Waals surface area (Å²) in [5, 5.41) is 22.2. The number of aromatic nitrogens is 1. The van der Waals surface area contributed by atoms with E-state index in [2.05, 4.69) is 10.3 Å². The maximum Gasteiger partial charge on any atom is 0.126 e. The predicted molar refractivity (Wildman–Crippen MR) is 70.5 cm³/mol. The predicted octanol–water partition coefficient (Wildman–Crippen LogP) is 2.24. The maximum atomic E-state index is 9.97. The Kier molecular flexibility index (Phi) is 3.79. The number of nitrogens with one attached hydrogen (secondary N) is 1. The molecule has 0 aliphatic carbocycles. The lowest BCUT2D eigenvalue weighted by molar-refractivity contribution is 0.191. The lowest BCUT2D eigenvalue weighted by atomic mass is 10.1. The number of hydrogen-bond donors (Lipinski definition) is 3. The molecule has 3 N–H and O–H groups in total. The molecule has 0 fully saturated rings. The van der Waals surface area contributed by atoms with E-state index >= 15 is 0 Å². The third-order valence-electron chi connectivity index (χ3n) is 2.64. The van der Waals surface area contributed by atoms with Gasteiger partial charge in [-0.05, 0) is 36.8 Å². The number of phenols is 1. The summed E-state index contributed by atoms with van der Waals surface area (Å²) < 4.78 is 0. The van der Waals surface area contributed by atoms with Gasteiger partial charge in [0.05, 0.1) is 6.10 Å². The van der Waals surface area contributed by atoms with Crippen LogP contribution in [-0.2, 0) is 0 Å². The number of hydrogen-bond acceptors (Lipinski definition) is 4. The minimum atomic E-state index is -0.632. The normalized spacial score (nSPS) is 12.1. The number of aliphatic hydroxyl groups is 1. The van der Waals surface area contributed by atoms with Crippen molar-refractivity contribution >= 4 is 5.82 Å². The molecule has 0 saturated heterocycles. The lowest BCUT2D eigenvalue weighted by Gasteiger charge is -2.13. The van der Waals surface area contributed by atoms with E-state index in [0.717, 1.165) is 17.1 Å². The van der Waals surface area contributed by atoms with Gasteiger partial charge < -0.3 is 15.5 Å². The molecule has 0 spiro atoms. The smallest absolute Gasteiger partial charge is 0.126 e. The number of pyridine rings is 1. The second kappa shape index (κ2) is 5.51.